The molecule has 2 unspecified atom stereocenters. The van der Waals surface area contributed by atoms with Crippen molar-refractivity contribution in [3.05, 3.63) is 70.2 Å². The number of rotatable bonds is 5. The summed E-state index contributed by atoms with van der Waals surface area (Å²) < 4.78 is 5.70. The van der Waals surface area contributed by atoms with Crippen molar-refractivity contribution in [1.82, 2.24) is 10.2 Å². The molecule has 0 aliphatic carbocycles. The molecular weight excluding hydrogens is 348 g/mol. The van der Waals surface area contributed by atoms with Gasteiger partial charge < -0.3 is 15.0 Å². The molecule has 0 saturated carbocycles. The van der Waals surface area contributed by atoms with Gasteiger partial charge in [0.05, 0.1) is 12.2 Å². The van der Waals surface area contributed by atoms with E-state index in [9.17, 15) is 4.79 Å². The van der Waals surface area contributed by atoms with E-state index in [1.807, 2.05) is 67.3 Å². The van der Waals surface area contributed by atoms with Crippen LogP contribution in [0.15, 0.2) is 48.5 Å². The summed E-state index contributed by atoms with van der Waals surface area (Å²) in [4.78, 5) is 14.6. The van der Waals surface area contributed by atoms with Crippen LogP contribution in [0.5, 0.6) is 0 Å². The lowest BCUT2D eigenvalue weighted by Crippen LogP contribution is -2.48. The molecule has 0 radical (unpaired) electrons. The summed E-state index contributed by atoms with van der Waals surface area (Å²) in [5.41, 5.74) is 3.07. The average Bonchev–Trinajstić information content (AvgIpc) is 2.62. The van der Waals surface area contributed by atoms with E-state index in [4.69, 9.17) is 16.3 Å². The molecule has 1 heterocycles. The van der Waals surface area contributed by atoms with Crippen molar-refractivity contribution < 1.29 is 9.53 Å². The molecule has 1 fully saturated rings. The number of carbonyl (C=O) groups is 1. The lowest BCUT2D eigenvalue weighted by molar-refractivity contribution is -0.0586. The summed E-state index contributed by atoms with van der Waals surface area (Å²) in [5.74, 6) is 0.0765. The Labute approximate surface area is 160 Å². The van der Waals surface area contributed by atoms with E-state index >= 15 is 0 Å². The monoisotopic (exact) mass is 372 g/mol. The topological polar surface area (TPSA) is 41.6 Å². The van der Waals surface area contributed by atoms with Crippen LogP contribution < -0.4 is 5.32 Å². The third-order valence-electron chi connectivity index (χ3n) is 4.48. The number of ether oxygens (including phenoxy) is 1. The van der Waals surface area contributed by atoms with E-state index in [-0.39, 0.29) is 18.1 Å². The van der Waals surface area contributed by atoms with E-state index in [1.165, 1.54) is 5.56 Å². The summed E-state index contributed by atoms with van der Waals surface area (Å²) in [6.45, 7) is 6.84. The van der Waals surface area contributed by atoms with Gasteiger partial charge in [-0.15, -0.1) is 0 Å². The van der Waals surface area contributed by atoms with E-state index < -0.39 is 0 Å². The molecule has 26 heavy (non-hydrogen) atoms. The van der Waals surface area contributed by atoms with E-state index in [1.54, 1.807) is 0 Å². The van der Waals surface area contributed by atoms with Gasteiger partial charge in [0.2, 0.25) is 0 Å². The molecule has 2 aromatic rings. The largest absolute Gasteiger partial charge is 0.372 e. The quantitative estimate of drug-likeness (QED) is 0.866. The molecule has 3 rings (SSSR count). The summed E-state index contributed by atoms with van der Waals surface area (Å²) >= 11 is 5.90. The Morgan fingerprint density at radius 1 is 1.00 bits per heavy atom. The number of halogens is 1. The summed E-state index contributed by atoms with van der Waals surface area (Å²) in [6, 6.07) is 15.7. The SMILES string of the molecule is CC1CN(C(=O)c2ccc(CNCc3ccc(Cl)cc3)cc2)CC(C)O1. The third kappa shape index (κ3) is 5.07. The van der Waals surface area contributed by atoms with Crippen molar-refractivity contribution in [2.45, 2.75) is 39.1 Å². The molecule has 1 aliphatic rings. The van der Waals surface area contributed by atoms with Crippen molar-refractivity contribution in [1.29, 1.82) is 0 Å². The Morgan fingerprint density at radius 2 is 1.50 bits per heavy atom. The van der Waals surface area contributed by atoms with Gasteiger partial charge in [-0.2, -0.15) is 0 Å². The van der Waals surface area contributed by atoms with Crippen molar-refractivity contribution in [2.75, 3.05) is 13.1 Å². The van der Waals surface area contributed by atoms with Crippen LogP contribution in [0.4, 0.5) is 0 Å². The van der Waals surface area contributed by atoms with Crippen LogP contribution in [0, 0.1) is 0 Å². The number of carbonyl (C=O) groups excluding carboxylic acids is 1. The first-order chi connectivity index (χ1) is 12.5. The number of hydrogen-bond donors (Lipinski definition) is 1. The first-order valence-corrected chi connectivity index (χ1v) is 9.38. The fraction of sp³-hybridized carbons (Fsp3) is 0.381. The van der Waals surface area contributed by atoms with Gasteiger partial charge in [-0.25, -0.2) is 0 Å². The highest BCUT2D eigenvalue weighted by Gasteiger charge is 2.26. The highest BCUT2D eigenvalue weighted by molar-refractivity contribution is 6.30. The van der Waals surface area contributed by atoms with Gasteiger partial charge >= 0.3 is 0 Å². The van der Waals surface area contributed by atoms with Crippen LogP contribution in [0.1, 0.15) is 35.3 Å². The standard InChI is InChI=1S/C21H25ClN2O2/c1-15-13-24(14-16(2)26-15)21(25)19-7-3-17(4-8-19)11-23-12-18-5-9-20(22)10-6-18/h3-10,15-16,23H,11-14H2,1-2H3. The molecule has 4 nitrogen and oxygen atoms in total. The molecule has 1 amide bonds. The van der Waals surface area contributed by atoms with E-state index in [0.717, 1.165) is 29.2 Å². The van der Waals surface area contributed by atoms with Crippen LogP contribution >= 0.6 is 11.6 Å². The summed E-state index contributed by atoms with van der Waals surface area (Å²) in [6.07, 6.45) is 0.165. The number of hydrogen-bond acceptors (Lipinski definition) is 3. The van der Waals surface area contributed by atoms with Crippen molar-refractivity contribution in [3.63, 3.8) is 0 Å². The van der Waals surface area contributed by atoms with Gasteiger partial charge in [0.15, 0.2) is 0 Å². The first kappa shape index (κ1) is 18.9. The maximum Gasteiger partial charge on any atom is 0.254 e. The molecule has 5 heteroatoms. The van der Waals surface area contributed by atoms with Crippen LogP contribution in [-0.4, -0.2) is 36.1 Å². The van der Waals surface area contributed by atoms with Gasteiger partial charge in [-0.05, 0) is 49.2 Å². The Balaban J connectivity index is 1.52. The number of morpholine rings is 1. The minimum Gasteiger partial charge on any atom is -0.372 e. The number of amides is 1. The molecule has 0 spiro atoms. The van der Waals surface area contributed by atoms with Crippen LogP contribution in [0.2, 0.25) is 5.02 Å². The van der Waals surface area contributed by atoms with Gasteiger partial charge in [0.25, 0.3) is 5.91 Å². The predicted molar refractivity (Wildman–Crippen MR) is 104 cm³/mol. The molecule has 138 valence electrons. The van der Waals surface area contributed by atoms with Crippen molar-refractivity contribution in [3.8, 4) is 0 Å². The van der Waals surface area contributed by atoms with Crippen LogP contribution in [-0.2, 0) is 17.8 Å². The second-order valence-electron chi connectivity index (χ2n) is 6.89. The fourth-order valence-corrected chi connectivity index (χ4v) is 3.37. The van der Waals surface area contributed by atoms with Gasteiger partial charge in [-0.3, -0.25) is 4.79 Å². The Morgan fingerprint density at radius 3 is 2.04 bits per heavy atom. The van der Waals surface area contributed by atoms with Gasteiger partial charge in [0, 0.05) is 36.8 Å². The summed E-state index contributed by atoms with van der Waals surface area (Å²) in [7, 11) is 0. The minimum atomic E-state index is 0.0765. The smallest absolute Gasteiger partial charge is 0.254 e. The molecule has 1 aliphatic heterocycles. The molecule has 0 bridgehead atoms. The maximum atomic E-state index is 12.7. The summed E-state index contributed by atoms with van der Waals surface area (Å²) in [5, 5.41) is 4.15. The van der Waals surface area contributed by atoms with Gasteiger partial charge in [-0.1, -0.05) is 35.9 Å². The average molecular weight is 373 g/mol. The van der Waals surface area contributed by atoms with Crippen molar-refractivity contribution in [2.24, 2.45) is 0 Å². The highest BCUT2D eigenvalue weighted by atomic mass is 35.5. The fourth-order valence-electron chi connectivity index (χ4n) is 3.24. The third-order valence-corrected chi connectivity index (χ3v) is 4.73. The molecular formula is C21H25ClN2O2. The molecule has 1 N–H and O–H groups in total. The zero-order valence-corrected chi connectivity index (χ0v) is 16.0. The molecule has 2 aromatic carbocycles. The first-order valence-electron chi connectivity index (χ1n) is 9.00. The maximum absolute atomic E-state index is 12.7. The lowest BCUT2D eigenvalue weighted by atomic mass is 10.1. The predicted octanol–water partition coefficient (Wildman–Crippen LogP) is 3.88. The normalized spacial score (nSPS) is 20.2. The van der Waals surface area contributed by atoms with Crippen molar-refractivity contribution >= 4 is 17.5 Å². The second kappa shape index (κ2) is 8.67. The number of nitrogens with one attached hydrogen (secondary N) is 1. The van der Waals surface area contributed by atoms with Gasteiger partial charge in [0.1, 0.15) is 0 Å². The Hall–Kier alpha value is -1.88. The zero-order valence-electron chi connectivity index (χ0n) is 15.2. The highest BCUT2D eigenvalue weighted by Crippen LogP contribution is 2.15. The molecule has 0 aromatic heterocycles. The minimum absolute atomic E-state index is 0.0765. The molecule has 1 saturated heterocycles. The van der Waals surface area contributed by atoms with Crippen LogP contribution in [0.25, 0.3) is 0 Å². The Kier molecular flexibility index (Phi) is 6.30. The van der Waals surface area contributed by atoms with E-state index in [0.29, 0.717) is 13.1 Å². The molecule has 2 atom stereocenters. The number of benzene rings is 2. The zero-order chi connectivity index (χ0) is 18.5. The number of nitrogens with zero attached hydrogens (tertiary/aromatic N) is 1. The van der Waals surface area contributed by atoms with E-state index in [2.05, 4.69) is 5.32 Å². The Bertz CT molecular complexity index is 721. The van der Waals surface area contributed by atoms with Crippen LogP contribution in [0.3, 0.4) is 0 Å². The lowest BCUT2D eigenvalue weighted by Gasteiger charge is -2.35. The second-order valence-corrected chi connectivity index (χ2v) is 7.33.